The summed E-state index contributed by atoms with van der Waals surface area (Å²) >= 11 is 3.43. The summed E-state index contributed by atoms with van der Waals surface area (Å²) in [4.78, 5) is 13.0. The maximum Gasteiger partial charge on any atom is 0.273 e. The minimum atomic E-state index is -1.15. The van der Waals surface area contributed by atoms with Crippen LogP contribution in [0.25, 0.3) is 16.9 Å². The molecule has 164 valence electrons. The van der Waals surface area contributed by atoms with Gasteiger partial charge in [-0.2, -0.15) is 10.4 Å². The van der Waals surface area contributed by atoms with Crippen LogP contribution in [0.15, 0.2) is 34.8 Å². The minimum absolute atomic E-state index is 0.00872. The molecule has 0 unspecified atom stereocenters. The number of halogens is 3. The van der Waals surface area contributed by atoms with Crippen LogP contribution in [0.3, 0.4) is 0 Å². The summed E-state index contributed by atoms with van der Waals surface area (Å²) < 4.78 is 41.1. The van der Waals surface area contributed by atoms with Crippen molar-refractivity contribution < 1.29 is 23.0 Å². The van der Waals surface area contributed by atoms with E-state index >= 15 is 0 Å². The van der Waals surface area contributed by atoms with Gasteiger partial charge >= 0.3 is 0 Å². The number of rotatable bonds is 4. The predicted molar refractivity (Wildman–Crippen MR) is 115 cm³/mol. The molecule has 0 radical (unpaired) electrons. The van der Waals surface area contributed by atoms with Gasteiger partial charge in [0.2, 0.25) is 0 Å². The summed E-state index contributed by atoms with van der Waals surface area (Å²) in [7, 11) is 1.51. The van der Waals surface area contributed by atoms with Gasteiger partial charge in [-0.25, -0.2) is 13.5 Å². The quantitative estimate of drug-likeness (QED) is 0.566. The second-order valence-electron chi connectivity index (χ2n) is 7.68. The Kier molecular flexibility index (Phi) is 5.38. The van der Waals surface area contributed by atoms with Gasteiger partial charge in [-0.1, -0.05) is 0 Å². The third kappa shape index (κ3) is 3.80. The van der Waals surface area contributed by atoms with Gasteiger partial charge in [-0.3, -0.25) is 4.79 Å². The molecule has 2 aromatic carbocycles. The molecule has 0 spiro atoms. The first kappa shape index (κ1) is 21.8. The van der Waals surface area contributed by atoms with Gasteiger partial charge in [0, 0.05) is 23.3 Å². The average molecular weight is 503 g/mol. The largest absolute Gasteiger partial charge is 0.495 e. The molecule has 10 heteroatoms. The molecule has 2 heterocycles. The Morgan fingerprint density at radius 1 is 1.28 bits per heavy atom. The zero-order valence-corrected chi connectivity index (χ0v) is 18.9. The molecule has 0 saturated heterocycles. The van der Waals surface area contributed by atoms with Crippen LogP contribution in [0.5, 0.6) is 11.5 Å². The topological polar surface area (TPSA) is 89.2 Å². The monoisotopic (exact) mass is 502 g/mol. The predicted octanol–water partition coefficient (Wildman–Crippen LogP) is 4.51. The van der Waals surface area contributed by atoms with Crippen LogP contribution >= 0.6 is 15.9 Å². The number of hydrogen-bond acceptors (Lipinski definition) is 5. The summed E-state index contributed by atoms with van der Waals surface area (Å²) in [5.41, 5.74) is 0.352. The number of aromatic nitrogens is 2. The summed E-state index contributed by atoms with van der Waals surface area (Å²) in [5.74, 6) is -1.19. The van der Waals surface area contributed by atoms with Crippen LogP contribution in [-0.4, -0.2) is 28.3 Å². The number of carbonyl (C=O) groups excluding carboxylic acids is 1. The molecule has 0 bridgehead atoms. The number of nitrogens with zero attached hydrogens (tertiary/aromatic N) is 3. The molecule has 1 aromatic heterocycles. The Morgan fingerprint density at radius 2 is 1.97 bits per heavy atom. The molecule has 1 N–H and O–H groups in total. The highest BCUT2D eigenvalue weighted by Crippen LogP contribution is 2.44. The first-order chi connectivity index (χ1) is 15.1. The van der Waals surface area contributed by atoms with Gasteiger partial charge in [0.1, 0.15) is 35.3 Å². The van der Waals surface area contributed by atoms with E-state index in [0.29, 0.717) is 32.8 Å². The van der Waals surface area contributed by atoms with Crippen molar-refractivity contribution in [1.82, 2.24) is 15.1 Å². The van der Waals surface area contributed by atoms with Crippen molar-refractivity contribution >= 4 is 21.8 Å². The summed E-state index contributed by atoms with van der Waals surface area (Å²) in [6, 6.07) is 8.37. The molecule has 0 atom stereocenters. The van der Waals surface area contributed by atoms with Crippen molar-refractivity contribution in [2.75, 3.05) is 7.11 Å². The average Bonchev–Trinajstić information content (AvgIpc) is 3.12. The third-order valence-corrected chi connectivity index (χ3v) is 5.50. The molecule has 3 aromatic rings. The molecular weight excluding hydrogens is 486 g/mol. The van der Waals surface area contributed by atoms with E-state index in [9.17, 15) is 18.8 Å². The Labute approximate surface area is 190 Å². The Balaban J connectivity index is 1.97. The second kappa shape index (κ2) is 7.91. The van der Waals surface area contributed by atoms with Crippen molar-refractivity contribution in [3.8, 4) is 34.5 Å². The fourth-order valence-corrected chi connectivity index (χ4v) is 3.92. The number of nitriles is 1. The first-order valence-corrected chi connectivity index (χ1v) is 10.3. The Morgan fingerprint density at radius 3 is 2.59 bits per heavy atom. The SMILES string of the molecule is COc1cc2c(cc1Br)-c1c(c(C(=O)NC(C)(C)C#N)nn1-c1cc(F)cc(F)c1)CO2. The molecule has 1 aliphatic rings. The lowest BCUT2D eigenvalue weighted by atomic mass is 10.0. The van der Waals surface area contributed by atoms with Gasteiger partial charge in [0.15, 0.2) is 5.69 Å². The van der Waals surface area contributed by atoms with Gasteiger partial charge in [-0.15, -0.1) is 0 Å². The van der Waals surface area contributed by atoms with E-state index < -0.39 is 23.1 Å². The maximum atomic E-state index is 14.0. The van der Waals surface area contributed by atoms with E-state index in [1.165, 1.54) is 11.8 Å². The molecule has 7 nitrogen and oxygen atoms in total. The first-order valence-electron chi connectivity index (χ1n) is 9.46. The number of ether oxygens (including phenoxy) is 2. The zero-order chi connectivity index (χ0) is 23.2. The van der Waals surface area contributed by atoms with Gasteiger partial charge in [0.05, 0.1) is 29.0 Å². The van der Waals surface area contributed by atoms with E-state index in [4.69, 9.17) is 9.47 Å². The van der Waals surface area contributed by atoms with E-state index in [2.05, 4.69) is 26.3 Å². The van der Waals surface area contributed by atoms with E-state index in [1.54, 1.807) is 26.0 Å². The standard InChI is InChI=1S/C22H17BrF2N4O3/c1-22(2,10-26)27-21(30)19-15-9-32-17-8-18(31-3)16(23)7-14(17)20(15)29(28-19)13-5-11(24)4-12(25)6-13/h4-8H,9H2,1-3H3,(H,27,30). The number of carbonyl (C=O) groups is 1. The number of methoxy groups -OCH3 is 1. The highest BCUT2D eigenvalue weighted by molar-refractivity contribution is 9.10. The van der Waals surface area contributed by atoms with Crippen molar-refractivity contribution in [3.63, 3.8) is 0 Å². The van der Waals surface area contributed by atoms with Crippen molar-refractivity contribution in [1.29, 1.82) is 5.26 Å². The highest BCUT2D eigenvalue weighted by Gasteiger charge is 2.33. The fourth-order valence-electron chi connectivity index (χ4n) is 3.41. The fraction of sp³-hybridized carbons (Fsp3) is 0.227. The number of hydrogen-bond donors (Lipinski definition) is 1. The molecule has 0 fully saturated rings. The van der Waals surface area contributed by atoms with E-state index in [1.807, 2.05) is 6.07 Å². The maximum absolute atomic E-state index is 14.0. The van der Waals surface area contributed by atoms with Crippen LogP contribution in [0, 0.1) is 23.0 Å². The van der Waals surface area contributed by atoms with E-state index in [0.717, 1.165) is 18.2 Å². The molecule has 4 rings (SSSR count). The molecule has 32 heavy (non-hydrogen) atoms. The van der Waals surface area contributed by atoms with Crippen LogP contribution in [0.2, 0.25) is 0 Å². The van der Waals surface area contributed by atoms with Gasteiger partial charge < -0.3 is 14.8 Å². The summed E-state index contributed by atoms with van der Waals surface area (Å²) in [6.45, 7) is 3.08. The smallest absolute Gasteiger partial charge is 0.273 e. The molecular formula is C22H17BrF2N4O3. The minimum Gasteiger partial charge on any atom is -0.495 e. The van der Waals surface area contributed by atoms with Crippen molar-refractivity contribution in [2.24, 2.45) is 0 Å². The lowest BCUT2D eigenvalue weighted by molar-refractivity contribution is 0.0921. The van der Waals surface area contributed by atoms with Crippen LogP contribution in [0.4, 0.5) is 8.78 Å². The highest BCUT2D eigenvalue weighted by atomic mass is 79.9. The van der Waals surface area contributed by atoms with Crippen LogP contribution in [-0.2, 0) is 6.61 Å². The lowest BCUT2D eigenvalue weighted by Crippen LogP contribution is -2.42. The van der Waals surface area contributed by atoms with E-state index in [-0.39, 0.29) is 18.0 Å². The normalized spacial score (nSPS) is 12.3. The number of fused-ring (bicyclic) bond motifs is 3. The molecule has 0 aliphatic carbocycles. The third-order valence-electron chi connectivity index (χ3n) is 4.88. The van der Waals surface area contributed by atoms with Gasteiger partial charge in [0.25, 0.3) is 5.91 Å². The van der Waals surface area contributed by atoms with Crippen LogP contribution in [0.1, 0.15) is 29.9 Å². The summed E-state index contributed by atoms with van der Waals surface area (Å²) in [6.07, 6.45) is 0. The summed E-state index contributed by atoms with van der Waals surface area (Å²) in [5, 5.41) is 16.2. The Hall–Kier alpha value is -3.45. The number of amides is 1. The zero-order valence-electron chi connectivity index (χ0n) is 17.3. The van der Waals surface area contributed by atoms with Crippen molar-refractivity contribution in [2.45, 2.75) is 26.0 Å². The molecule has 1 aliphatic heterocycles. The number of benzene rings is 2. The van der Waals surface area contributed by atoms with Crippen LogP contribution < -0.4 is 14.8 Å². The molecule has 1 amide bonds. The second-order valence-corrected chi connectivity index (χ2v) is 8.53. The Bertz CT molecular complexity index is 1280. The van der Waals surface area contributed by atoms with Gasteiger partial charge in [-0.05, 0) is 48.0 Å². The number of nitrogens with one attached hydrogen (secondary N) is 1. The lowest BCUT2D eigenvalue weighted by Gasteiger charge is -2.21. The molecule has 0 saturated carbocycles. The van der Waals surface area contributed by atoms with Crippen molar-refractivity contribution in [3.05, 3.63) is 57.7 Å².